The van der Waals surface area contributed by atoms with Crippen molar-refractivity contribution in [1.82, 2.24) is 9.80 Å². The van der Waals surface area contributed by atoms with Crippen molar-refractivity contribution in [2.75, 3.05) is 33.7 Å². The van der Waals surface area contributed by atoms with Crippen LogP contribution >= 0.6 is 0 Å². The molecule has 0 aliphatic heterocycles. The molecule has 0 aliphatic rings. The molecule has 4 nitrogen and oxygen atoms in total. The van der Waals surface area contributed by atoms with Crippen LogP contribution in [0.4, 0.5) is 4.79 Å². The van der Waals surface area contributed by atoms with Crippen molar-refractivity contribution in [1.29, 1.82) is 0 Å². The number of allylic oxidation sites excluding steroid dienone is 8. The Kier molecular flexibility index (Phi) is 34.6. The number of carbonyl (C=O) groups excluding carboxylic acids is 1. The number of carbonyl (C=O) groups is 1. The third kappa shape index (κ3) is 33.6. The number of hydrogen-bond acceptors (Lipinski definition) is 3. The first-order valence-electron chi connectivity index (χ1n) is 19.7. The van der Waals surface area contributed by atoms with Gasteiger partial charge in [-0.25, -0.2) is 4.79 Å². The van der Waals surface area contributed by atoms with Crippen LogP contribution in [0.3, 0.4) is 0 Å². The fourth-order valence-corrected chi connectivity index (χ4v) is 5.67. The summed E-state index contributed by atoms with van der Waals surface area (Å²) in [5, 5.41) is 0. The molecule has 1 atom stereocenters. The lowest BCUT2D eigenvalue weighted by Gasteiger charge is -2.25. The lowest BCUT2D eigenvalue weighted by Crippen LogP contribution is -2.37. The van der Waals surface area contributed by atoms with Crippen molar-refractivity contribution in [3.63, 3.8) is 0 Å². The molecule has 0 aromatic carbocycles. The predicted octanol–water partition coefficient (Wildman–Crippen LogP) is 13.0. The van der Waals surface area contributed by atoms with Crippen LogP contribution in [0.2, 0.25) is 0 Å². The molecule has 0 saturated heterocycles. The average molecular weight is 643 g/mol. The molecule has 0 heterocycles. The highest BCUT2D eigenvalue weighted by Crippen LogP contribution is 2.13. The molecule has 0 spiro atoms. The summed E-state index contributed by atoms with van der Waals surface area (Å²) in [5.41, 5.74) is 0. The van der Waals surface area contributed by atoms with E-state index in [1.54, 1.807) is 0 Å². The summed E-state index contributed by atoms with van der Waals surface area (Å²) in [5.74, 6) is 0. The number of nitrogens with zero attached hydrogens (tertiary/aromatic N) is 2. The fraction of sp³-hybridized carbons (Fsp3) is 0.786. The smallest absolute Gasteiger partial charge is 0.410 e. The third-order valence-corrected chi connectivity index (χ3v) is 8.44. The predicted molar refractivity (Wildman–Crippen MR) is 205 cm³/mol. The van der Waals surface area contributed by atoms with Crippen LogP contribution in [0.25, 0.3) is 0 Å². The molecule has 0 N–H and O–H groups in total. The summed E-state index contributed by atoms with van der Waals surface area (Å²) in [4.78, 5) is 17.0. The van der Waals surface area contributed by atoms with Crippen LogP contribution in [0.5, 0.6) is 0 Å². The molecule has 0 aromatic rings. The quantitative estimate of drug-likeness (QED) is 0.0527. The molecule has 1 amide bonds. The van der Waals surface area contributed by atoms with E-state index in [1.165, 1.54) is 128 Å². The van der Waals surface area contributed by atoms with Crippen molar-refractivity contribution in [2.24, 2.45) is 0 Å². The van der Waals surface area contributed by atoms with E-state index in [9.17, 15) is 4.79 Å². The second-order valence-corrected chi connectivity index (χ2v) is 13.6. The number of likely N-dealkylation sites (N-methyl/N-ethyl adjacent to an activating group) is 1. The van der Waals surface area contributed by atoms with Crippen LogP contribution in [0.1, 0.15) is 175 Å². The van der Waals surface area contributed by atoms with Crippen molar-refractivity contribution in [2.45, 2.75) is 181 Å². The van der Waals surface area contributed by atoms with E-state index in [2.05, 4.69) is 67.4 Å². The molecule has 0 aliphatic carbocycles. The maximum Gasteiger partial charge on any atom is 0.410 e. The van der Waals surface area contributed by atoms with Crippen LogP contribution in [0.15, 0.2) is 48.6 Å². The lowest BCUT2D eigenvalue weighted by atomic mass is 10.1. The molecule has 0 saturated carbocycles. The largest absolute Gasteiger partial charge is 0.445 e. The van der Waals surface area contributed by atoms with Gasteiger partial charge in [0.15, 0.2) is 0 Å². The number of rotatable bonds is 33. The maximum absolute atomic E-state index is 13.0. The number of amides is 1. The highest BCUT2D eigenvalue weighted by molar-refractivity contribution is 5.67. The SMILES string of the molecule is CCCCCC=CCC=CCCCCCCCCN(CCCCCCCCC=CCC=CCCCCC)C(=O)OC(C)CN(C)C. The normalized spacial score (nSPS) is 12.9. The first-order valence-corrected chi connectivity index (χ1v) is 19.7. The number of hydrogen-bond donors (Lipinski definition) is 0. The summed E-state index contributed by atoms with van der Waals surface area (Å²) in [7, 11) is 4.05. The van der Waals surface area contributed by atoms with Gasteiger partial charge in [-0.05, 0) is 98.1 Å². The Morgan fingerprint density at radius 2 is 0.870 bits per heavy atom. The average Bonchev–Trinajstić information content (AvgIpc) is 3.02. The van der Waals surface area contributed by atoms with Gasteiger partial charge in [0.25, 0.3) is 0 Å². The van der Waals surface area contributed by atoms with E-state index in [-0.39, 0.29) is 12.2 Å². The van der Waals surface area contributed by atoms with Crippen molar-refractivity contribution in [3.8, 4) is 0 Å². The van der Waals surface area contributed by atoms with Gasteiger partial charge in [-0.3, -0.25) is 0 Å². The van der Waals surface area contributed by atoms with E-state index < -0.39 is 0 Å². The monoisotopic (exact) mass is 643 g/mol. The summed E-state index contributed by atoms with van der Waals surface area (Å²) in [6.07, 6.45) is 48.2. The summed E-state index contributed by atoms with van der Waals surface area (Å²) in [6.45, 7) is 8.92. The van der Waals surface area contributed by atoms with Crippen molar-refractivity contribution < 1.29 is 9.53 Å². The molecular weight excluding hydrogens is 564 g/mol. The highest BCUT2D eigenvalue weighted by Gasteiger charge is 2.17. The van der Waals surface area contributed by atoms with E-state index in [0.717, 1.165) is 45.3 Å². The molecular formula is C42H78N2O2. The molecule has 268 valence electrons. The zero-order chi connectivity index (χ0) is 33.8. The van der Waals surface area contributed by atoms with Crippen molar-refractivity contribution >= 4 is 6.09 Å². The topological polar surface area (TPSA) is 32.8 Å². The van der Waals surface area contributed by atoms with Crippen LogP contribution in [0, 0.1) is 0 Å². The minimum absolute atomic E-state index is 0.0864. The van der Waals surface area contributed by atoms with Crippen LogP contribution in [-0.2, 0) is 4.74 Å². The minimum atomic E-state index is -0.125. The molecule has 46 heavy (non-hydrogen) atoms. The summed E-state index contributed by atoms with van der Waals surface area (Å²) < 4.78 is 5.81. The lowest BCUT2D eigenvalue weighted by molar-refractivity contribution is 0.0579. The van der Waals surface area contributed by atoms with Crippen LogP contribution in [-0.4, -0.2) is 55.7 Å². The van der Waals surface area contributed by atoms with Gasteiger partial charge in [0, 0.05) is 19.6 Å². The number of unbranched alkanes of at least 4 members (excludes halogenated alkanes) is 18. The highest BCUT2D eigenvalue weighted by atomic mass is 16.6. The van der Waals surface area contributed by atoms with E-state index in [0.29, 0.717) is 0 Å². The van der Waals surface area contributed by atoms with E-state index in [1.807, 2.05) is 25.9 Å². The second-order valence-electron chi connectivity index (χ2n) is 13.6. The zero-order valence-electron chi connectivity index (χ0n) is 31.5. The summed E-state index contributed by atoms with van der Waals surface area (Å²) in [6, 6.07) is 0. The standard InChI is InChI=1S/C42H78N2O2/c1-6-8-10-12-14-16-18-20-22-24-26-28-30-32-34-36-38-44(42(45)46-41(3)40-43(4)5)39-37-35-33-31-29-27-25-23-21-19-17-15-13-11-9-7-2/h14-17,20-23,41H,6-13,18-19,24-40H2,1-5H3. The minimum Gasteiger partial charge on any atom is -0.445 e. The molecule has 0 bridgehead atoms. The van der Waals surface area contributed by atoms with E-state index in [4.69, 9.17) is 4.74 Å². The molecule has 0 aromatic heterocycles. The molecule has 0 fully saturated rings. The Bertz CT molecular complexity index is 707. The van der Waals surface area contributed by atoms with Crippen LogP contribution < -0.4 is 0 Å². The number of ether oxygens (including phenoxy) is 1. The first kappa shape index (κ1) is 44.2. The molecule has 4 heteroatoms. The Morgan fingerprint density at radius 1 is 0.522 bits per heavy atom. The Hall–Kier alpha value is -1.81. The second kappa shape index (κ2) is 36.0. The molecule has 0 rings (SSSR count). The Morgan fingerprint density at radius 3 is 1.24 bits per heavy atom. The Balaban J connectivity index is 4.08. The maximum atomic E-state index is 13.0. The third-order valence-electron chi connectivity index (χ3n) is 8.44. The van der Waals surface area contributed by atoms with Gasteiger partial charge in [0.2, 0.25) is 0 Å². The van der Waals surface area contributed by atoms with Crippen molar-refractivity contribution in [3.05, 3.63) is 48.6 Å². The van der Waals surface area contributed by atoms with Gasteiger partial charge in [-0.15, -0.1) is 0 Å². The Labute approximate surface area is 288 Å². The van der Waals surface area contributed by atoms with E-state index >= 15 is 0 Å². The summed E-state index contributed by atoms with van der Waals surface area (Å²) >= 11 is 0. The molecule has 0 radical (unpaired) electrons. The van der Waals surface area contributed by atoms with Gasteiger partial charge in [0.05, 0.1) is 0 Å². The molecule has 1 unspecified atom stereocenters. The van der Waals surface area contributed by atoms with Gasteiger partial charge in [-0.2, -0.15) is 0 Å². The van der Waals surface area contributed by atoms with Gasteiger partial charge in [0.1, 0.15) is 6.10 Å². The van der Waals surface area contributed by atoms with Gasteiger partial charge < -0.3 is 14.5 Å². The van der Waals surface area contributed by atoms with Gasteiger partial charge >= 0.3 is 6.09 Å². The first-order chi connectivity index (χ1) is 22.5. The van der Waals surface area contributed by atoms with Gasteiger partial charge in [-0.1, -0.05) is 140 Å². The fourth-order valence-electron chi connectivity index (χ4n) is 5.67. The zero-order valence-corrected chi connectivity index (χ0v) is 31.5.